The van der Waals surface area contributed by atoms with E-state index in [1.165, 1.54) is 33.8 Å². The third-order valence-corrected chi connectivity index (χ3v) is 4.67. The lowest BCUT2D eigenvalue weighted by atomic mass is 9.98. The van der Waals surface area contributed by atoms with Crippen LogP contribution in [0.1, 0.15) is 5.69 Å². The molecule has 1 saturated heterocycles. The van der Waals surface area contributed by atoms with Crippen molar-refractivity contribution in [2.45, 2.75) is 12.0 Å². The Morgan fingerprint density at radius 2 is 2.20 bits per heavy atom. The summed E-state index contributed by atoms with van der Waals surface area (Å²) in [5.41, 5.74) is 0.290. The van der Waals surface area contributed by atoms with Gasteiger partial charge in [-0.1, -0.05) is 11.8 Å². The zero-order valence-corrected chi connectivity index (χ0v) is 10.9. The number of rotatable bonds is 4. The zero-order valence-electron chi connectivity index (χ0n) is 10.1. The SMILES string of the molecule is O=C(O)C1=C(n2cnc(CO)c2)S[C@@H]2[C@@H](CO)C(=O)N12. The van der Waals surface area contributed by atoms with Gasteiger partial charge in [-0.15, -0.1) is 0 Å². The first-order valence-corrected chi connectivity index (χ1v) is 6.68. The van der Waals surface area contributed by atoms with Crippen LogP contribution in [0.4, 0.5) is 0 Å². The minimum absolute atomic E-state index is 0.114. The summed E-state index contributed by atoms with van der Waals surface area (Å²) >= 11 is 1.20. The van der Waals surface area contributed by atoms with Gasteiger partial charge in [-0.05, 0) is 0 Å². The van der Waals surface area contributed by atoms with E-state index in [0.29, 0.717) is 10.7 Å². The van der Waals surface area contributed by atoms with E-state index >= 15 is 0 Å². The number of aromatic nitrogens is 2. The van der Waals surface area contributed by atoms with Crippen molar-refractivity contribution in [2.24, 2.45) is 5.92 Å². The van der Waals surface area contributed by atoms with Crippen molar-refractivity contribution < 1.29 is 24.9 Å². The van der Waals surface area contributed by atoms with Crippen LogP contribution in [0.5, 0.6) is 0 Å². The molecule has 2 aliphatic rings. The number of nitrogens with zero attached hydrogens (tertiary/aromatic N) is 3. The number of fused-ring (bicyclic) bond motifs is 1. The number of aliphatic hydroxyl groups excluding tert-OH is 2. The number of carbonyl (C=O) groups excluding carboxylic acids is 1. The number of amides is 1. The van der Waals surface area contributed by atoms with Crippen molar-refractivity contribution in [3.05, 3.63) is 23.9 Å². The van der Waals surface area contributed by atoms with Crippen molar-refractivity contribution >= 4 is 28.7 Å². The van der Waals surface area contributed by atoms with Crippen molar-refractivity contribution in [3.8, 4) is 0 Å². The van der Waals surface area contributed by atoms with E-state index in [1.807, 2.05) is 0 Å². The predicted octanol–water partition coefficient (Wildman–Crippen LogP) is -0.890. The molecule has 106 valence electrons. The van der Waals surface area contributed by atoms with Gasteiger partial charge in [0.25, 0.3) is 0 Å². The molecule has 0 aliphatic carbocycles. The molecule has 9 heteroatoms. The summed E-state index contributed by atoms with van der Waals surface area (Å²) < 4.78 is 1.47. The van der Waals surface area contributed by atoms with Gasteiger partial charge >= 0.3 is 5.97 Å². The van der Waals surface area contributed by atoms with Crippen molar-refractivity contribution in [3.63, 3.8) is 0 Å². The number of aliphatic carboxylic acids is 1. The number of carbonyl (C=O) groups is 2. The van der Waals surface area contributed by atoms with Crippen LogP contribution >= 0.6 is 11.8 Å². The van der Waals surface area contributed by atoms with E-state index in [1.54, 1.807) is 0 Å². The average molecular weight is 297 g/mol. The van der Waals surface area contributed by atoms with Gasteiger partial charge in [0.1, 0.15) is 16.7 Å². The molecule has 2 aliphatic heterocycles. The molecular formula is C11H11N3O5S. The van der Waals surface area contributed by atoms with E-state index in [2.05, 4.69) is 4.98 Å². The Bertz CT molecular complexity index is 625. The maximum absolute atomic E-state index is 11.8. The van der Waals surface area contributed by atoms with Crippen molar-refractivity contribution in [2.75, 3.05) is 6.61 Å². The highest BCUT2D eigenvalue weighted by Gasteiger charge is 2.56. The minimum Gasteiger partial charge on any atom is -0.476 e. The van der Waals surface area contributed by atoms with E-state index in [0.717, 1.165) is 0 Å². The van der Waals surface area contributed by atoms with Gasteiger partial charge < -0.3 is 15.3 Å². The zero-order chi connectivity index (χ0) is 14.4. The Labute approximate surface area is 117 Å². The standard InChI is InChI=1S/C11H11N3O5S/c15-2-5-1-13(4-12-5)10-7(11(18)19)14-8(17)6(3-16)9(14)20-10/h1,4,6,9,15-16H,2-3H2,(H,18,19)/t6-,9+/m0/s1. The Morgan fingerprint density at radius 1 is 1.45 bits per heavy atom. The van der Waals surface area contributed by atoms with Crippen LogP contribution in [0.2, 0.25) is 0 Å². The molecule has 0 unspecified atom stereocenters. The molecule has 3 N–H and O–H groups in total. The maximum atomic E-state index is 11.8. The molecule has 1 aromatic heterocycles. The molecule has 3 rings (SSSR count). The maximum Gasteiger partial charge on any atom is 0.355 e. The highest BCUT2D eigenvalue weighted by Crippen LogP contribution is 2.50. The summed E-state index contributed by atoms with van der Waals surface area (Å²) in [5, 5.41) is 27.4. The van der Waals surface area contributed by atoms with Gasteiger partial charge in [0.15, 0.2) is 5.70 Å². The molecule has 20 heavy (non-hydrogen) atoms. The first-order valence-electron chi connectivity index (χ1n) is 5.80. The first-order chi connectivity index (χ1) is 9.58. The fourth-order valence-corrected chi connectivity index (χ4v) is 3.70. The summed E-state index contributed by atoms with van der Waals surface area (Å²) in [6.45, 7) is -0.558. The molecule has 0 saturated carbocycles. The minimum atomic E-state index is -1.21. The third kappa shape index (κ3) is 1.67. The lowest BCUT2D eigenvalue weighted by Gasteiger charge is -2.40. The van der Waals surface area contributed by atoms with E-state index in [9.17, 15) is 14.7 Å². The van der Waals surface area contributed by atoms with E-state index < -0.39 is 17.3 Å². The largest absolute Gasteiger partial charge is 0.476 e. The highest BCUT2D eigenvalue weighted by atomic mass is 32.2. The van der Waals surface area contributed by atoms with Gasteiger partial charge in [0, 0.05) is 6.20 Å². The Hall–Kier alpha value is -1.84. The molecule has 3 heterocycles. The predicted molar refractivity (Wildman–Crippen MR) is 67.8 cm³/mol. The summed E-state index contributed by atoms with van der Waals surface area (Å²) in [7, 11) is 0. The molecule has 1 amide bonds. The Balaban J connectivity index is 2.01. The van der Waals surface area contributed by atoms with Crippen LogP contribution in [-0.4, -0.2) is 53.6 Å². The summed E-state index contributed by atoms with van der Waals surface area (Å²) in [6.07, 6.45) is 2.90. The van der Waals surface area contributed by atoms with Crippen LogP contribution in [-0.2, 0) is 16.2 Å². The number of aliphatic hydroxyl groups is 2. The second-order valence-electron chi connectivity index (χ2n) is 4.40. The summed E-state index contributed by atoms with van der Waals surface area (Å²) in [5.74, 6) is -2.17. The smallest absolute Gasteiger partial charge is 0.355 e. The van der Waals surface area contributed by atoms with Crippen LogP contribution in [0.25, 0.3) is 5.03 Å². The number of hydrogen-bond donors (Lipinski definition) is 3. The number of β-lactam (4-membered cyclic amide) rings is 1. The normalized spacial score (nSPS) is 24.9. The lowest BCUT2D eigenvalue weighted by molar-refractivity contribution is -0.153. The number of imidazole rings is 1. The lowest BCUT2D eigenvalue weighted by Crippen LogP contribution is -2.58. The highest BCUT2D eigenvalue weighted by molar-refractivity contribution is 8.08. The Morgan fingerprint density at radius 3 is 2.75 bits per heavy atom. The fourth-order valence-electron chi connectivity index (χ4n) is 2.27. The van der Waals surface area contributed by atoms with Gasteiger partial charge in [-0.2, -0.15) is 0 Å². The van der Waals surface area contributed by atoms with Crippen molar-refractivity contribution in [1.29, 1.82) is 0 Å². The van der Waals surface area contributed by atoms with E-state index in [4.69, 9.17) is 10.2 Å². The second-order valence-corrected chi connectivity index (χ2v) is 5.50. The number of carboxylic acid groups (broad SMARTS) is 1. The summed E-state index contributed by atoms with van der Waals surface area (Å²) in [6, 6.07) is 0. The molecule has 0 radical (unpaired) electrons. The van der Waals surface area contributed by atoms with Crippen LogP contribution in [0.3, 0.4) is 0 Å². The average Bonchev–Trinajstić information content (AvgIpc) is 3.00. The molecule has 1 fully saturated rings. The molecular weight excluding hydrogens is 286 g/mol. The molecule has 0 bridgehead atoms. The monoisotopic (exact) mass is 297 g/mol. The molecule has 0 spiro atoms. The van der Waals surface area contributed by atoms with Gasteiger partial charge in [0.2, 0.25) is 5.91 Å². The molecule has 8 nitrogen and oxygen atoms in total. The number of carboxylic acids is 1. The van der Waals surface area contributed by atoms with Gasteiger partial charge in [-0.25, -0.2) is 9.78 Å². The van der Waals surface area contributed by atoms with Crippen molar-refractivity contribution in [1.82, 2.24) is 14.5 Å². The number of hydrogen-bond acceptors (Lipinski definition) is 6. The van der Waals surface area contributed by atoms with Crippen LogP contribution < -0.4 is 0 Å². The third-order valence-electron chi connectivity index (χ3n) is 3.26. The van der Waals surface area contributed by atoms with Gasteiger partial charge in [-0.3, -0.25) is 14.3 Å². The van der Waals surface area contributed by atoms with E-state index in [-0.39, 0.29) is 24.8 Å². The quantitative estimate of drug-likeness (QED) is 0.617. The fraction of sp³-hybridized carbons (Fsp3) is 0.364. The topological polar surface area (TPSA) is 116 Å². The summed E-state index contributed by atoms with van der Waals surface area (Å²) in [4.78, 5) is 28.3. The van der Waals surface area contributed by atoms with Crippen LogP contribution in [0.15, 0.2) is 18.2 Å². The van der Waals surface area contributed by atoms with Crippen LogP contribution in [0, 0.1) is 5.92 Å². The molecule has 0 aromatic carbocycles. The number of thioether (sulfide) groups is 1. The van der Waals surface area contributed by atoms with Gasteiger partial charge in [0.05, 0.1) is 24.8 Å². The molecule has 1 aromatic rings. The second kappa shape index (κ2) is 4.62. The first kappa shape index (κ1) is 13.2. The molecule has 2 atom stereocenters. The Kier molecular flexibility index (Phi) is 3.04.